The number of aromatic nitrogens is 2. The molecule has 2 aliphatic rings. The van der Waals surface area contributed by atoms with Gasteiger partial charge in [0.2, 0.25) is 5.91 Å². The monoisotopic (exact) mass is 513 g/mol. The van der Waals surface area contributed by atoms with Gasteiger partial charge in [0.1, 0.15) is 11.4 Å². The lowest BCUT2D eigenvalue weighted by Gasteiger charge is -2.50. The maximum absolute atomic E-state index is 13.5. The third-order valence-electron chi connectivity index (χ3n) is 7.26. The van der Waals surface area contributed by atoms with E-state index in [4.69, 9.17) is 17.3 Å². The van der Waals surface area contributed by atoms with Crippen molar-refractivity contribution in [3.05, 3.63) is 76.6 Å². The van der Waals surface area contributed by atoms with Crippen LogP contribution in [0.5, 0.6) is 0 Å². The smallest absolute Gasteiger partial charge is 0.267 e. The Morgan fingerprint density at radius 1 is 1.26 bits per heavy atom. The Balaban J connectivity index is 1.59. The van der Waals surface area contributed by atoms with Gasteiger partial charge in [0.15, 0.2) is 0 Å². The van der Waals surface area contributed by atoms with E-state index >= 15 is 0 Å². The molecule has 1 fully saturated rings. The van der Waals surface area contributed by atoms with Gasteiger partial charge in [0, 0.05) is 29.7 Å². The fraction of sp³-hybridized carbons (Fsp3) is 0.360. The molecule has 0 radical (unpaired) electrons. The van der Waals surface area contributed by atoms with Gasteiger partial charge in [-0.05, 0) is 66.8 Å². The molecule has 0 spiro atoms. The largest absolute Gasteiger partial charge is 0.368 e. The molecule has 0 bridgehead atoms. The maximum Gasteiger partial charge on any atom is 0.267 e. The third-order valence-corrected chi connectivity index (χ3v) is 9.24. The van der Waals surface area contributed by atoms with E-state index in [2.05, 4.69) is 22.5 Å². The summed E-state index contributed by atoms with van der Waals surface area (Å²) >= 11 is 6.16. The molecule has 184 valence electrons. The van der Waals surface area contributed by atoms with Gasteiger partial charge in [-0.1, -0.05) is 36.2 Å². The van der Waals surface area contributed by atoms with Crippen molar-refractivity contribution in [1.29, 1.82) is 0 Å². The first-order valence-electron chi connectivity index (χ1n) is 11.6. The first-order chi connectivity index (χ1) is 16.7. The van der Waals surface area contributed by atoms with E-state index < -0.39 is 22.5 Å². The number of halogens is 1. The van der Waals surface area contributed by atoms with Crippen LogP contribution in [-0.2, 0) is 33.7 Å². The first kappa shape index (κ1) is 23.8. The number of hydrogen-bond acceptors (Lipinski definition) is 5. The van der Waals surface area contributed by atoms with Gasteiger partial charge in [-0.25, -0.2) is 8.42 Å². The summed E-state index contributed by atoms with van der Waals surface area (Å²) in [5.74, 6) is -0.735. The highest BCUT2D eigenvalue weighted by Crippen LogP contribution is 2.53. The number of rotatable bonds is 7. The van der Waals surface area contributed by atoms with E-state index in [0.29, 0.717) is 10.7 Å². The molecule has 1 aliphatic carbocycles. The van der Waals surface area contributed by atoms with Crippen LogP contribution < -0.4 is 15.4 Å². The lowest BCUT2D eigenvalue weighted by molar-refractivity contribution is -0.116. The molecular formula is C25H28ClN5O3S. The number of amides is 1. The Bertz CT molecular complexity index is 1370. The van der Waals surface area contributed by atoms with Gasteiger partial charge in [-0.3, -0.25) is 13.8 Å². The second-order valence-electron chi connectivity index (χ2n) is 9.36. The molecule has 2 heterocycles. The van der Waals surface area contributed by atoms with Crippen LogP contribution >= 0.6 is 11.6 Å². The Morgan fingerprint density at radius 2 is 2.00 bits per heavy atom. The minimum atomic E-state index is -4.04. The van der Waals surface area contributed by atoms with Gasteiger partial charge in [0.25, 0.3) is 10.0 Å². The number of carbonyl (C=O) groups is 1. The number of hydrogen-bond donors (Lipinski definition) is 2. The number of carbonyl (C=O) groups excluding carboxylic acids is 1. The van der Waals surface area contributed by atoms with Gasteiger partial charge in [-0.2, -0.15) is 5.10 Å². The molecule has 3 aromatic rings. The molecular weight excluding hydrogens is 486 g/mol. The molecule has 5 rings (SSSR count). The van der Waals surface area contributed by atoms with Crippen LogP contribution in [0.4, 0.5) is 5.69 Å². The normalized spacial score (nSPS) is 19.0. The highest BCUT2D eigenvalue weighted by atomic mass is 35.5. The topological polar surface area (TPSA) is 110 Å². The predicted molar refractivity (Wildman–Crippen MR) is 135 cm³/mol. The van der Waals surface area contributed by atoms with Crippen molar-refractivity contribution in [2.75, 3.05) is 17.4 Å². The molecule has 3 N–H and O–H groups in total. The lowest BCUT2D eigenvalue weighted by atomic mass is 9.58. The molecule has 8 nitrogen and oxygen atoms in total. The van der Waals surface area contributed by atoms with Crippen LogP contribution in [0.15, 0.2) is 59.8 Å². The van der Waals surface area contributed by atoms with E-state index in [0.717, 1.165) is 42.1 Å². The van der Waals surface area contributed by atoms with Crippen molar-refractivity contribution >= 4 is 33.2 Å². The number of benzene rings is 2. The standard InChI is InChI=1S/C25H28ClN5O3S/c1-30-15-21(14-29-30)35(33,34)31(16-23(27)32)20-8-3-17-9-12-28-24(22(17)13-20)25(10-2-11-25)18-4-6-19(26)7-5-18/h3-8,13-15,24,28H,2,9-12,16H2,1H3,(H2,27,32). The van der Waals surface area contributed by atoms with Crippen LogP contribution in [0.2, 0.25) is 5.02 Å². The van der Waals surface area contributed by atoms with Crippen molar-refractivity contribution in [1.82, 2.24) is 15.1 Å². The molecule has 1 aromatic heterocycles. The molecule has 1 atom stereocenters. The Hall–Kier alpha value is -2.88. The van der Waals surface area contributed by atoms with Gasteiger partial charge in [0.05, 0.1) is 11.9 Å². The zero-order valence-electron chi connectivity index (χ0n) is 19.4. The van der Waals surface area contributed by atoms with E-state index in [1.54, 1.807) is 13.1 Å². The van der Waals surface area contributed by atoms with Crippen LogP contribution in [0, 0.1) is 0 Å². The number of nitrogens with one attached hydrogen (secondary N) is 1. The molecule has 1 amide bonds. The minimum absolute atomic E-state index is 0.00488. The predicted octanol–water partition coefficient (Wildman–Crippen LogP) is 3.06. The summed E-state index contributed by atoms with van der Waals surface area (Å²) < 4.78 is 29.5. The highest BCUT2D eigenvalue weighted by Gasteiger charge is 2.47. The van der Waals surface area contributed by atoms with Crippen molar-refractivity contribution in [3.8, 4) is 0 Å². The summed E-state index contributed by atoms with van der Waals surface area (Å²) in [5.41, 5.74) is 9.24. The lowest BCUT2D eigenvalue weighted by Crippen LogP contribution is -2.49. The van der Waals surface area contributed by atoms with Crippen LogP contribution in [0.25, 0.3) is 0 Å². The van der Waals surface area contributed by atoms with Crippen LogP contribution in [-0.4, -0.2) is 37.2 Å². The molecule has 10 heteroatoms. The van der Waals surface area contributed by atoms with Crippen LogP contribution in [0.3, 0.4) is 0 Å². The van der Waals surface area contributed by atoms with Gasteiger partial charge < -0.3 is 11.1 Å². The van der Waals surface area contributed by atoms with Crippen LogP contribution in [0.1, 0.15) is 42.0 Å². The van der Waals surface area contributed by atoms with Crippen molar-refractivity contribution in [2.45, 2.75) is 42.0 Å². The summed E-state index contributed by atoms with van der Waals surface area (Å²) in [6.45, 7) is 0.377. The number of sulfonamides is 1. The highest BCUT2D eigenvalue weighted by molar-refractivity contribution is 7.92. The van der Waals surface area contributed by atoms with Crippen molar-refractivity contribution in [2.24, 2.45) is 12.8 Å². The Labute approximate surface area is 210 Å². The molecule has 35 heavy (non-hydrogen) atoms. The molecule has 2 aromatic carbocycles. The molecule has 1 unspecified atom stereocenters. The number of aryl methyl sites for hydroxylation is 1. The molecule has 1 aliphatic heterocycles. The fourth-order valence-electron chi connectivity index (χ4n) is 5.39. The number of anilines is 1. The summed E-state index contributed by atoms with van der Waals surface area (Å²) in [4.78, 5) is 11.9. The number of nitrogens with two attached hydrogens (primary N) is 1. The van der Waals surface area contributed by atoms with Gasteiger partial charge in [-0.15, -0.1) is 0 Å². The summed E-state index contributed by atoms with van der Waals surface area (Å²) in [5, 5.41) is 8.39. The maximum atomic E-state index is 13.5. The second-order valence-corrected chi connectivity index (χ2v) is 11.7. The third kappa shape index (κ3) is 4.22. The number of primary amides is 1. The van der Waals surface area contributed by atoms with E-state index in [1.807, 2.05) is 24.3 Å². The SMILES string of the molecule is Cn1cc(S(=O)(=O)N(CC(N)=O)c2ccc3c(c2)C(C2(c4ccc(Cl)cc4)CCC2)NCC3)cn1. The summed E-state index contributed by atoms with van der Waals surface area (Å²) in [6, 6.07) is 13.7. The fourth-order valence-corrected chi connectivity index (χ4v) is 6.92. The first-order valence-corrected chi connectivity index (χ1v) is 13.4. The second kappa shape index (κ2) is 8.96. The average Bonchev–Trinajstić information content (AvgIpc) is 3.25. The average molecular weight is 514 g/mol. The minimum Gasteiger partial charge on any atom is -0.368 e. The quantitative estimate of drug-likeness (QED) is 0.504. The zero-order valence-corrected chi connectivity index (χ0v) is 21.0. The number of fused-ring (bicyclic) bond motifs is 1. The summed E-state index contributed by atoms with van der Waals surface area (Å²) in [7, 11) is -2.40. The Kier molecular flexibility index (Phi) is 6.11. The summed E-state index contributed by atoms with van der Waals surface area (Å²) in [6.07, 6.45) is 6.70. The van der Waals surface area contributed by atoms with E-state index in [1.165, 1.54) is 28.2 Å². The molecule has 0 saturated heterocycles. The zero-order chi connectivity index (χ0) is 24.8. The van der Waals surface area contributed by atoms with Crippen molar-refractivity contribution in [3.63, 3.8) is 0 Å². The van der Waals surface area contributed by atoms with Gasteiger partial charge >= 0.3 is 0 Å². The Morgan fingerprint density at radius 3 is 2.60 bits per heavy atom. The van der Waals surface area contributed by atoms with E-state index in [-0.39, 0.29) is 16.4 Å². The van der Waals surface area contributed by atoms with E-state index in [9.17, 15) is 13.2 Å². The molecule has 1 saturated carbocycles. The van der Waals surface area contributed by atoms with Crippen molar-refractivity contribution < 1.29 is 13.2 Å². The number of nitrogens with zero attached hydrogens (tertiary/aromatic N) is 3.